The lowest BCUT2D eigenvalue weighted by molar-refractivity contribution is -0.143. The average Bonchev–Trinajstić information content (AvgIpc) is 3.85. The van der Waals surface area contributed by atoms with E-state index in [1.807, 2.05) is 127 Å². The van der Waals surface area contributed by atoms with Crippen molar-refractivity contribution in [2.75, 3.05) is 7.05 Å². The zero-order chi connectivity index (χ0) is 59.5. The fourth-order valence-corrected chi connectivity index (χ4v) is 10.5. The smallest absolute Gasteiger partial charge is 0.245 e. The Morgan fingerprint density at radius 2 is 1.11 bits per heavy atom. The molecule has 8 amide bonds. The zero-order valence-electron chi connectivity index (χ0n) is 49.2. The summed E-state index contributed by atoms with van der Waals surface area (Å²) in [5, 5.41) is 17.9. The zero-order valence-corrected chi connectivity index (χ0v) is 49.2. The maximum Gasteiger partial charge on any atom is 0.245 e. The third-order valence-electron chi connectivity index (χ3n) is 15.7. The van der Waals surface area contributed by atoms with Gasteiger partial charge in [-0.05, 0) is 91.5 Å². The van der Waals surface area contributed by atoms with Crippen LogP contribution in [-0.2, 0) is 56.0 Å². The Morgan fingerprint density at radius 1 is 0.593 bits per heavy atom. The first-order chi connectivity index (χ1) is 38.4. The molecule has 1 unspecified atom stereocenters. The maximum absolute atomic E-state index is 14.8. The summed E-state index contributed by atoms with van der Waals surface area (Å²) in [7, 11) is 1.42. The van der Waals surface area contributed by atoms with Crippen molar-refractivity contribution in [1.29, 1.82) is 0 Å². The van der Waals surface area contributed by atoms with E-state index in [1.54, 1.807) is 6.92 Å². The highest BCUT2D eigenvalue weighted by molar-refractivity contribution is 5.99. The summed E-state index contributed by atoms with van der Waals surface area (Å²) < 4.78 is 0. The molecule has 18 heteroatoms. The number of nitrogens with one attached hydrogen (secondary N) is 7. The fraction of sp³-hybridized carbons (Fsp3) is 0.540. The highest BCUT2D eigenvalue weighted by Gasteiger charge is 2.38. The monoisotopic (exact) mass is 1120 g/mol. The molecule has 3 aromatic carbocycles. The van der Waals surface area contributed by atoms with Gasteiger partial charge in [-0.25, -0.2) is 0 Å². The number of aromatic nitrogens is 1. The predicted molar refractivity (Wildman–Crippen MR) is 315 cm³/mol. The Balaban J connectivity index is 1.34. The molecular formula is C63H89N9O9. The number of hydrogen-bond donors (Lipinski definition) is 8. The summed E-state index contributed by atoms with van der Waals surface area (Å²) in [5.41, 5.74) is 10.1. The molecule has 440 valence electrons. The Bertz CT molecular complexity index is 2770. The van der Waals surface area contributed by atoms with Crippen LogP contribution in [0.1, 0.15) is 138 Å². The van der Waals surface area contributed by atoms with Crippen molar-refractivity contribution in [3.05, 3.63) is 96.2 Å². The minimum atomic E-state index is -1.44. The SMILES string of the molecule is CCC(C)[C@H](NC(=O)[C@H](Cc1ccc(-c2ccccc2)cc1)NC(=O)[C@H](CC(C)C)NC(=O)[C@@H](C)Cc1c[nH]c2ccccc12)C(=O)N(C)[C@@H](C)C(=O)N[C@H](CC(C)C)C(=O)N[C@@H](CC(N)=O)C(=O)N[C@@H](CC1CCCCC1)C(C)=O. The molecule has 4 aromatic rings. The first-order valence-corrected chi connectivity index (χ1v) is 29.0. The molecule has 1 aliphatic carbocycles. The number of benzene rings is 3. The van der Waals surface area contributed by atoms with Crippen LogP contribution in [-0.4, -0.2) is 112 Å². The van der Waals surface area contributed by atoms with Crippen molar-refractivity contribution in [1.82, 2.24) is 41.8 Å². The van der Waals surface area contributed by atoms with E-state index in [-0.39, 0.29) is 48.7 Å². The van der Waals surface area contributed by atoms with Crippen LogP contribution in [0.2, 0.25) is 0 Å². The normalized spacial score (nSPS) is 16.1. The number of likely N-dealkylation sites (N-methyl/N-ethyl adjacent to an activating group) is 1. The van der Waals surface area contributed by atoms with Crippen molar-refractivity contribution in [3.63, 3.8) is 0 Å². The van der Waals surface area contributed by atoms with E-state index in [9.17, 15) is 43.2 Å². The number of amides is 8. The van der Waals surface area contributed by atoms with Gasteiger partial charge >= 0.3 is 0 Å². The lowest BCUT2D eigenvalue weighted by Crippen LogP contribution is -2.61. The third-order valence-corrected chi connectivity index (χ3v) is 15.7. The van der Waals surface area contributed by atoms with E-state index in [0.717, 1.165) is 65.3 Å². The number of ketones is 1. The second-order valence-electron chi connectivity index (χ2n) is 23.3. The number of rotatable bonds is 30. The molecule has 0 saturated heterocycles. The van der Waals surface area contributed by atoms with E-state index in [2.05, 4.69) is 36.9 Å². The second-order valence-corrected chi connectivity index (χ2v) is 23.3. The average molecular weight is 1120 g/mol. The number of hydrogen-bond acceptors (Lipinski definition) is 9. The van der Waals surface area contributed by atoms with E-state index < -0.39 is 102 Å². The van der Waals surface area contributed by atoms with E-state index in [4.69, 9.17) is 5.73 Å². The number of Topliss-reactive ketones (excluding diaryl/α,β-unsaturated/α-hetero) is 1. The molecule has 18 nitrogen and oxygen atoms in total. The summed E-state index contributed by atoms with van der Waals surface area (Å²) >= 11 is 0. The van der Waals surface area contributed by atoms with Gasteiger partial charge in [0.2, 0.25) is 47.3 Å². The molecule has 1 aromatic heterocycles. The van der Waals surface area contributed by atoms with Crippen LogP contribution in [0.25, 0.3) is 22.0 Å². The highest BCUT2D eigenvalue weighted by atomic mass is 16.2. The van der Waals surface area contributed by atoms with Crippen molar-refractivity contribution in [2.45, 2.75) is 182 Å². The van der Waals surface area contributed by atoms with Gasteiger partial charge in [0, 0.05) is 36.5 Å². The van der Waals surface area contributed by atoms with Crippen LogP contribution in [0.15, 0.2) is 85.1 Å². The first kappa shape index (κ1) is 64.5. The molecule has 0 bridgehead atoms. The minimum absolute atomic E-state index is 0.0209. The molecule has 9 N–H and O–H groups in total. The van der Waals surface area contributed by atoms with Crippen LogP contribution in [0, 0.1) is 29.6 Å². The predicted octanol–water partition coefficient (Wildman–Crippen LogP) is 6.59. The summed E-state index contributed by atoms with van der Waals surface area (Å²) in [6.45, 7) is 15.9. The van der Waals surface area contributed by atoms with Crippen molar-refractivity contribution < 1.29 is 43.2 Å². The quantitative estimate of drug-likeness (QED) is 0.0280. The number of primary amides is 1. The van der Waals surface area contributed by atoms with Crippen LogP contribution < -0.4 is 37.6 Å². The number of aromatic amines is 1. The molecule has 9 atom stereocenters. The van der Waals surface area contributed by atoms with E-state index in [0.29, 0.717) is 19.3 Å². The molecule has 1 saturated carbocycles. The van der Waals surface area contributed by atoms with Crippen molar-refractivity contribution >= 4 is 63.9 Å². The number of carbonyl (C=O) groups is 9. The van der Waals surface area contributed by atoms with Gasteiger partial charge in [-0.1, -0.05) is 160 Å². The number of carbonyl (C=O) groups excluding carboxylic acids is 9. The van der Waals surface area contributed by atoms with E-state index >= 15 is 0 Å². The summed E-state index contributed by atoms with van der Waals surface area (Å²) in [5.74, 6) is -6.39. The maximum atomic E-state index is 14.8. The van der Waals surface area contributed by atoms with Gasteiger partial charge in [0.25, 0.3) is 0 Å². The lowest BCUT2D eigenvalue weighted by Gasteiger charge is -2.33. The van der Waals surface area contributed by atoms with Gasteiger partial charge < -0.3 is 47.5 Å². The summed E-state index contributed by atoms with van der Waals surface area (Å²) in [4.78, 5) is 129. The molecule has 1 aliphatic rings. The number of nitrogens with zero attached hydrogens (tertiary/aromatic N) is 1. The minimum Gasteiger partial charge on any atom is -0.370 e. The second kappa shape index (κ2) is 31.0. The first-order valence-electron chi connectivity index (χ1n) is 29.0. The molecule has 0 radical (unpaired) electrons. The van der Waals surface area contributed by atoms with Gasteiger partial charge in [-0.3, -0.25) is 43.2 Å². The molecule has 81 heavy (non-hydrogen) atoms. The largest absolute Gasteiger partial charge is 0.370 e. The number of fused-ring (bicyclic) bond motifs is 1. The molecule has 1 fully saturated rings. The third kappa shape index (κ3) is 19.4. The Hall–Kier alpha value is -7.37. The Labute approximate surface area is 478 Å². The number of para-hydroxylation sites is 1. The van der Waals surface area contributed by atoms with Gasteiger partial charge in [0.1, 0.15) is 36.3 Å². The van der Waals surface area contributed by atoms with Crippen LogP contribution in [0.4, 0.5) is 0 Å². The Kier molecular flexibility index (Phi) is 24.7. The van der Waals surface area contributed by atoms with Crippen LogP contribution in [0.5, 0.6) is 0 Å². The summed E-state index contributed by atoms with van der Waals surface area (Å²) in [6.07, 6.45) is 8.11. The lowest BCUT2D eigenvalue weighted by atomic mass is 9.84. The van der Waals surface area contributed by atoms with Gasteiger partial charge in [0.05, 0.1) is 12.5 Å². The Morgan fingerprint density at radius 3 is 1.69 bits per heavy atom. The van der Waals surface area contributed by atoms with Crippen LogP contribution in [0.3, 0.4) is 0 Å². The molecule has 1 heterocycles. The van der Waals surface area contributed by atoms with Gasteiger partial charge in [0.15, 0.2) is 5.78 Å². The van der Waals surface area contributed by atoms with E-state index in [1.165, 1.54) is 25.8 Å². The number of H-pyrrole nitrogens is 1. The van der Waals surface area contributed by atoms with Crippen molar-refractivity contribution in [2.24, 2.45) is 35.3 Å². The van der Waals surface area contributed by atoms with Crippen LogP contribution >= 0.6 is 0 Å². The standard InChI is InChI=1S/C63H89N9O9/c1-11-39(6)56(63(81)72(10)41(8)58(76)68-52(31-38(4)5)60(78)70-54(35-55(64)74)61(79)66-50(42(9)73)33-43-20-14-12-15-21-43)71-62(80)53(34-44-26-28-46(29-27-44)45-22-16-13-17-23-45)69-59(77)51(30-37(2)3)67-57(75)40(7)32-47-36-65-49-25-19-18-24-48(47)49/h13,16-19,22-29,36-41,43,50-54,56,65H,11-12,14-15,20-21,30-35H2,1-10H3,(H2,64,74)(H,66,79)(H,67,75)(H,68,76)(H,69,77)(H,70,78)(H,71,80)/t39?,40-,41-,50-,51-,52+,53-,54-,56-/m0/s1. The van der Waals surface area contributed by atoms with Crippen molar-refractivity contribution in [3.8, 4) is 11.1 Å². The van der Waals surface area contributed by atoms with Gasteiger partial charge in [-0.15, -0.1) is 0 Å². The molecular weight excluding hydrogens is 1030 g/mol. The molecule has 0 aliphatic heterocycles. The fourth-order valence-electron chi connectivity index (χ4n) is 10.5. The number of nitrogens with two attached hydrogens (primary N) is 1. The highest BCUT2D eigenvalue weighted by Crippen LogP contribution is 2.28. The summed E-state index contributed by atoms with van der Waals surface area (Å²) in [6, 6.07) is 17.2. The molecule has 0 spiro atoms. The topological polar surface area (TPSA) is 271 Å². The molecule has 5 rings (SSSR count). The van der Waals surface area contributed by atoms with Gasteiger partial charge in [-0.2, -0.15) is 0 Å².